The molecule has 0 bridgehead atoms. The number of nitrogens with zero attached hydrogens (tertiary/aromatic N) is 2. The molecule has 0 aliphatic carbocycles. The minimum absolute atomic E-state index is 0.280. The highest BCUT2D eigenvalue weighted by molar-refractivity contribution is 5.78. The predicted molar refractivity (Wildman–Crippen MR) is 74.2 cm³/mol. The van der Waals surface area contributed by atoms with Crippen molar-refractivity contribution in [2.45, 2.75) is 53.4 Å². The molecule has 3 nitrogen and oxygen atoms in total. The second-order valence-corrected chi connectivity index (χ2v) is 4.55. The number of likely N-dealkylation sites (N-methyl/N-ethyl adjacent to an activating group) is 1. The second kappa shape index (κ2) is 10.6. The third-order valence-corrected chi connectivity index (χ3v) is 3.13. The Hall–Kier alpha value is -0.570. The van der Waals surface area contributed by atoms with Gasteiger partial charge in [0.05, 0.1) is 6.54 Å². The average Bonchev–Trinajstić information content (AvgIpc) is 2.34. The number of hydrogen-bond acceptors (Lipinski definition) is 2. The van der Waals surface area contributed by atoms with Crippen LogP contribution in [0.1, 0.15) is 53.4 Å². The molecule has 0 saturated heterocycles. The Balaban J connectivity index is 4.14. The molecular weight excluding hydrogens is 212 g/mol. The first-order valence-electron chi connectivity index (χ1n) is 7.19. The molecule has 3 heteroatoms. The largest absolute Gasteiger partial charge is 0.342 e. The highest BCUT2D eigenvalue weighted by Crippen LogP contribution is 2.01. The van der Waals surface area contributed by atoms with Gasteiger partial charge in [-0.05, 0) is 39.8 Å². The van der Waals surface area contributed by atoms with Gasteiger partial charge in [-0.2, -0.15) is 0 Å². The van der Waals surface area contributed by atoms with Crippen LogP contribution < -0.4 is 0 Å². The number of rotatable bonds is 10. The zero-order valence-electron chi connectivity index (χ0n) is 12.2. The molecule has 0 atom stereocenters. The molecular formula is C14H30N2O. The number of carbonyl (C=O) groups is 1. The van der Waals surface area contributed by atoms with E-state index in [1.165, 1.54) is 25.7 Å². The molecule has 0 aromatic carbocycles. The Morgan fingerprint density at radius 1 is 0.882 bits per heavy atom. The van der Waals surface area contributed by atoms with Crippen LogP contribution >= 0.6 is 0 Å². The van der Waals surface area contributed by atoms with Crippen LogP contribution in [0.15, 0.2) is 0 Å². The molecule has 0 saturated carbocycles. The quantitative estimate of drug-likeness (QED) is 0.588. The summed E-state index contributed by atoms with van der Waals surface area (Å²) in [5, 5.41) is 0. The van der Waals surface area contributed by atoms with Crippen LogP contribution in [0, 0.1) is 0 Å². The average molecular weight is 242 g/mol. The van der Waals surface area contributed by atoms with Gasteiger partial charge in [0, 0.05) is 13.1 Å². The fourth-order valence-electron chi connectivity index (χ4n) is 1.90. The molecule has 0 aliphatic rings. The molecule has 17 heavy (non-hydrogen) atoms. The Morgan fingerprint density at radius 2 is 1.35 bits per heavy atom. The van der Waals surface area contributed by atoms with Crippen LogP contribution in [-0.2, 0) is 4.79 Å². The molecule has 0 aromatic heterocycles. The molecule has 0 spiro atoms. The molecule has 0 aliphatic heterocycles. The molecule has 1 amide bonds. The fourth-order valence-corrected chi connectivity index (χ4v) is 1.90. The van der Waals surface area contributed by atoms with Crippen molar-refractivity contribution in [2.24, 2.45) is 0 Å². The molecule has 0 aromatic rings. The Labute approximate surface area is 107 Å². The summed E-state index contributed by atoms with van der Waals surface area (Å²) in [4.78, 5) is 16.3. The smallest absolute Gasteiger partial charge is 0.236 e. The summed E-state index contributed by atoms with van der Waals surface area (Å²) in [6.07, 6.45) is 4.77. The fraction of sp³-hybridized carbons (Fsp3) is 0.929. The van der Waals surface area contributed by atoms with Gasteiger partial charge < -0.3 is 4.90 Å². The highest BCUT2D eigenvalue weighted by Gasteiger charge is 2.14. The topological polar surface area (TPSA) is 23.6 Å². The summed E-state index contributed by atoms with van der Waals surface area (Å²) in [7, 11) is 0. The summed E-state index contributed by atoms with van der Waals surface area (Å²) in [5.74, 6) is 0.280. The van der Waals surface area contributed by atoms with Gasteiger partial charge >= 0.3 is 0 Å². The van der Waals surface area contributed by atoms with E-state index >= 15 is 0 Å². The normalized spacial score (nSPS) is 10.9. The third kappa shape index (κ3) is 7.37. The van der Waals surface area contributed by atoms with Gasteiger partial charge in [-0.3, -0.25) is 9.69 Å². The first kappa shape index (κ1) is 16.4. The zero-order valence-corrected chi connectivity index (χ0v) is 12.2. The van der Waals surface area contributed by atoms with E-state index in [1.54, 1.807) is 0 Å². The molecule has 0 fully saturated rings. The highest BCUT2D eigenvalue weighted by atomic mass is 16.2. The van der Waals surface area contributed by atoms with Crippen LogP contribution in [0.3, 0.4) is 0 Å². The van der Waals surface area contributed by atoms with Crippen LogP contribution in [0.25, 0.3) is 0 Å². The predicted octanol–water partition coefficient (Wildman–Crippen LogP) is 2.76. The number of unbranched alkanes of at least 4 members (excludes halogenated alkanes) is 2. The van der Waals surface area contributed by atoms with Crippen molar-refractivity contribution in [2.75, 3.05) is 32.7 Å². The van der Waals surface area contributed by atoms with Crippen molar-refractivity contribution in [1.29, 1.82) is 0 Å². The van der Waals surface area contributed by atoms with Crippen molar-refractivity contribution in [3.8, 4) is 0 Å². The Morgan fingerprint density at radius 3 is 1.71 bits per heavy atom. The van der Waals surface area contributed by atoms with E-state index in [2.05, 4.69) is 18.7 Å². The van der Waals surface area contributed by atoms with E-state index < -0.39 is 0 Å². The lowest BCUT2D eigenvalue weighted by molar-refractivity contribution is -0.132. The second-order valence-electron chi connectivity index (χ2n) is 4.55. The van der Waals surface area contributed by atoms with Crippen LogP contribution in [0.5, 0.6) is 0 Å². The zero-order chi connectivity index (χ0) is 13.1. The van der Waals surface area contributed by atoms with Crippen LogP contribution in [0.4, 0.5) is 0 Å². The summed E-state index contributed by atoms with van der Waals surface area (Å²) in [5.41, 5.74) is 0. The molecule has 0 unspecified atom stereocenters. The molecule has 0 heterocycles. The van der Waals surface area contributed by atoms with Gasteiger partial charge in [0.2, 0.25) is 5.91 Å². The maximum absolute atomic E-state index is 12.0. The first-order chi connectivity index (χ1) is 8.19. The lowest BCUT2D eigenvalue weighted by Crippen LogP contribution is -2.41. The van der Waals surface area contributed by atoms with E-state index in [9.17, 15) is 4.79 Å². The SMILES string of the molecule is CCCCN(CCCC)CC(=O)N(CC)CC. The van der Waals surface area contributed by atoms with E-state index in [4.69, 9.17) is 0 Å². The maximum Gasteiger partial charge on any atom is 0.236 e. The van der Waals surface area contributed by atoms with Crippen LogP contribution in [-0.4, -0.2) is 48.4 Å². The standard InChI is InChI=1S/C14H30N2O/c1-5-9-11-15(12-10-6-2)13-14(17)16(7-3)8-4/h5-13H2,1-4H3. The van der Waals surface area contributed by atoms with Crippen molar-refractivity contribution in [3.05, 3.63) is 0 Å². The number of amides is 1. The lowest BCUT2D eigenvalue weighted by atomic mass is 10.2. The van der Waals surface area contributed by atoms with E-state index in [1.807, 2.05) is 18.7 Å². The van der Waals surface area contributed by atoms with Crippen molar-refractivity contribution in [1.82, 2.24) is 9.80 Å². The first-order valence-corrected chi connectivity index (χ1v) is 7.19. The van der Waals surface area contributed by atoms with Gasteiger partial charge in [0.25, 0.3) is 0 Å². The number of carbonyl (C=O) groups excluding carboxylic acids is 1. The molecule has 0 N–H and O–H groups in total. The minimum atomic E-state index is 0.280. The van der Waals surface area contributed by atoms with Crippen molar-refractivity contribution < 1.29 is 4.79 Å². The van der Waals surface area contributed by atoms with Gasteiger partial charge in [-0.1, -0.05) is 26.7 Å². The van der Waals surface area contributed by atoms with Crippen molar-refractivity contribution >= 4 is 5.91 Å². The van der Waals surface area contributed by atoms with E-state index in [0.29, 0.717) is 6.54 Å². The summed E-state index contributed by atoms with van der Waals surface area (Å²) in [6.45, 7) is 12.9. The van der Waals surface area contributed by atoms with Gasteiger partial charge in [0.15, 0.2) is 0 Å². The summed E-state index contributed by atoms with van der Waals surface area (Å²) >= 11 is 0. The molecule has 102 valence electrons. The molecule has 0 rings (SSSR count). The monoisotopic (exact) mass is 242 g/mol. The lowest BCUT2D eigenvalue weighted by Gasteiger charge is -2.25. The van der Waals surface area contributed by atoms with Crippen LogP contribution in [0.2, 0.25) is 0 Å². The van der Waals surface area contributed by atoms with Gasteiger partial charge in [0.1, 0.15) is 0 Å². The van der Waals surface area contributed by atoms with Gasteiger partial charge in [-0.15, -0.1) is 0 Å². The number of hydrogen-bond donors (Lipinski definition) is 0. The third-order valence-electron chi connectivity index (χ3n) is 3.13. The Kier molecular flexibility index (Phi) is 10.2. The summed E-state index contributed by atoms with van der Waals surface area (Å²) in [6, 6.07) is 0. The van der Waals surface area contributed by atoms with E-state index in [-0.39, 0.29) is 5.91 Å². The van der Waals surface area contributed by atoms with Crippen molar-refractivity contribution in [3.63, 3.8) is 0 Å². The summed E-state index contributed by atoms with van der Waals surface area (Å²) < 4.78 is 0. The Bertz CT molecular complexity index is 183. The van der Waals surface area contributed by atoms with E-state index in [0.717, 1.165) is 26.2 Å². The maximum atomic E-state index is 12.0. The minimum Gasteiger partial charge on any atom is -0.342 e. The molecule has 0 radical (unpaired) electrons. The van der Waals surface area contributed by atoms with Gasteiger partial charge in [-0.25, -0.2) is 0 Å².